The van der Waals surface area contributed by atoms with Crippen molar-refractivity contribution in [2.75, 3.05) is 20.8 Å². The van der Waals surface area contributed by atoms with Gasteiger partial charge in [-0.1, -0.05) is 18.2 Å². The van der Waals surface area contributed by atoms with E-state index in [1.165, 1.54) is 16.9 Å². The van der Waals surface area contributed by atoms with Crippen LogP contribution in [0.4, 0.5) is 0 Å². The zero-order valence-electron chi connectivity index (χ0n) is 20.0. The molecule has 1 aliphatic rings. The van der Waals surface area contributed by atoms with Crippen LogP contribution in [0.3, 0.4) is 0 Å². The number of methoxy groups -OCH3 is 2. The first-order chi connectivity index (χ1) is 16.4. The zero-order chi connectivity index (χ0) is 24.4. The molecule has 0 saturated heterocycles. The molecule has 34 heavy (non-hydrogen) atoms. The molecule has 7 nitrogen and oxygen atoms in total. The normalized spacial score (nSPS) is 15.7. The fourth-order valence-corrected chi connectivity index (χ4v) is 5.08. The number of fused-ring (bicyclic) bond motifs is 1. The van der Waals surface area contributed by atoms with Gasteiger partial charge >= 0.3 is 5.97 Å². The van der Waals surface area contributed by atoms with Crippen molar-refractivity contribution in [3.05, 3.63) is 63.7 Å². The van der Waals surface area contributed by atoms with E-state index in [1.807, 2.05) is 18.2 Å². The fraction of sp³-hybridized carbons (Fsp3) is 0.346. The lowest BCUT2D eigenvalue weighted by Crippen LogP contribution is -2.49. The second-order valence-corrected chi connectivity index (χ2v) is 9.19. The Bertz CT molecular complexity index is 1240. The summed E-state index contributed by atoms with van der Waals surface area (Å²) in [5.74, 6) is 0.456. The van der Waals surface area contributed by atoms with E-state index in [4.69, 9.17) is 19.2 Å². The van der Waals surface area contributed by atoms with Crippen molar-refractivity contribution in [1.29, 1.82) is 0 Å². The van der Waals surface area contributed by atoms with Crippen LogP contribution in [0.5, 0.6) is 11.5 Å². The van der Waals surface area contributed by atoms with Crippen LogP contribution >= 0.6 is 11.3 Å². The van der Waals surface area contributed by atoms with E-state index < -0.39 is 12.0 Å². The number of Topliss-reactive ketones (excluding diaryl/α,β-unsaturated/α-hetero) is 1. The van der Waals surface area contributed by atoms with E-state index >= 15 is 0 Å². The van der Waals surface area contributed by atoms with Crippen LogP contribution in [0.15, 0.2) is 36.4 Å². The summed E-state index contributed by atoms with van der Waals surface area (Å²) in [7, 11) is 3.17. The predicted molar refractivity (Wildman–Crippen MR) is 131 cm³/mol. The first-order valence-corrected chi connectivity index (χ1v) is 11.9. The molecular formula is C26H28N2O5S. The van der Waals surface area contributed by atoms with E-state index in [9.17, 15) is 9.59 Å². The van der Waals surface area contributed by atoms with Crippen molar-refractivity contribution in [3.8, 4) is 22.1 Å². The van der Waals surface area contributed by atoms with Gasteiger partial charge in [0.15, 0.2) is 6.04 Å². The van der Waals surface area contributed by atoms with E-state index in [0.29, 0.717) is 35.2 Å². The molecule has 0 fully saturated rings. The van der Waals surface area contributed by atoms with Gasteiger partial charge < -0.3 is 14.2 Å². The van der Waals surface area contributed by atoms with Gasteiger partial charge in [-0.25, -0.2) is 9.78 Å². The highest BCUT2D eigenvalue weighted by atomic mass is 32.1. The van der Waals surface area contributed by atoms with Crippen LogP contribution in [0.2, 0.25) is 0 Å². The molecular weight excluding hydrogens is 452 g/mol. The molecule has 4 rings (SSSR count). The third kappa shape index (κ3) is 4.56. The van der Waals surface area contributed by atoms with Gasteiger partial charge in [0.1, 0.15) is 16.5 Å². The summed E-state index contributed by atoms with van der Waals surface area (Å²) in [6.45, 7) is 6.71. The van der Waals surface area contributed by atoms with Crippen molar-refractivity contribution in [3.63, 3.8) is 0 Å². The molecule has 1 atom stereocenters. The molecule has 3 aromatic rings. The zero-order valence-corrected chi connectivity index (χ0v) is 20.8. The van der Waals surface area contributed by atoms with Crippen LogP contribution in [-0.4, -0.2) is 48.5 Å². The quantitative estimate of drug-likeness (QED) is 0.362. The Morgan fingerprint density at radius 1 is 1.12 bits per heavy atom. The Hall–Kier alpha value is -3.23. The molecule has 1 aliphatic heterocycles. The molecule has 0 saturated carbocycles. The molecule has 2 aromatic carbocycles. The van der Waals surface area contributed by atoms with Crippen molar-refractivity contribution in [2.24, 2.45) is 0 Å². The number of ether oxygens (including phenoxy) is 3. The number of esters is 1. The van der Waals surface area contributed by atoms with Crippen LogP contribution in [0, 0.1) is 13.8 Å². The molecule has 0 spiro atoms. The lowest BCUT2D eigenvalue weighted by Gasteiger charge is -2.32. The molecule has 0 bridgehead atoms. The Kier molecular flexibility index (Phi) is 7.00. The first-order valence-electron chi connectivity index (χ1n) is 11.1. The molecule has 1 aromatic heterocycles. The van der Waals surface area contributed by atoms with Crippen LogP contribution in [0.25, 0.3) is 10.6 Å². The molecule has 0 aliphatic carbocycles. The average molecular weight is 481 g/mol. The summed E-state index contributed by atoms with van der Waals surface area (Å²) in [5, 5.41) is 0.771. The standard InChI is InChI=1S/C26H28N2O5S/c1-6-33-26(30)22-23(29)24-20(27-25(34-24)17-8-7-15(2)16(3)11-17)14-28(22)13-18-9-10-19(31-4)12-21(18)32-5/h7-12,22H,6,13-14H2,1-5H3. The highest BCUT2D eigenvalue weighted by Crippen LogP contribution is 2.36. The molecule has 2 heterocycles. The van der Waals surface area contributed by atoms with E-state index in [0.717, 1.165) is 21.7 Å². The monoisotopic (exact) mass is 480 g/mol. The minimum atomic E-state index is -1.03. The number of aromatic nitrogens is 1. The fourth-order valence-electron chi connectivity index (χ4n) is 4.05. The number of hydrogen-bond acceptors (Lipinski definition) is 8. The number of thiazole rings is 1. The molecule has 1 unspecified atom stereocenters. The maximum absolute atomic E-state index is 13.5. The summed E-state index contributed by atoms with van der Waals surface area (Å²) >= 11 is 1.33. The van der Waals surface area contributed by atoms with Gasteiger partial charge in [-0.3, -0.25) is 9.69 Å². The molecule has 8 heteroatoms. The largest absolute Gasteiger partial charge is 0.497 e. The smallest absolute Gasteiger partial charge is 0.331 e. The third-order valence-electron chi connectivity index (χ3n) is 6.02. The Balaban J connectivity index is 1.72. The molecule has 0 N–H and O–H groups in total. The third-order valence-corrected chi connectivity index (χ3v) is 7.18. The van der Waals surface area contributed by atoms with E-state index in [1.54, 1.807) is 32.1 Å². The number of ketones is 1. The Labute approximate surface area is 203 Å². The summed E-state index contributed by atoms with van der Waals surface area (Å²) in [6, 6.07) is 10.6. The Morgan fingerprint density at radius 2 is 1.91 bits per heavy atom. The molecule has 0 radical (unpaired) electrons. The number of carbonyl (C=O) groups excluding carboxylic acids is 2. The van der Waals surface area contributed by atoms with Crippen LogP contribution in [-0.2, 0) is 22.6 Å². The lowest BCUT2D eigenvalue weighted by atomic mass is 10.0. The van der Waals surface area contributed by atoms with Gasteiger partial charge in [0, 0.05) is 30.3 Å². The maximum Gasteiger partial charge on any atom is 0.331 e. The summed E-state index contributed by atoms with van der Waals surface area (Å²) in [6.07, 6.45) is 0. The summed E-state index contributed by atoms with van der Waals surface area (Å²) in [5.41, 5.74) is 4.83. The van der Waals surface area contributed by atoms with E-state index in [2.05, 4.69) is 26.0 Å². The van der Waals surface area contributed by atoms with Gasteiger partial charge in [-0.05, 0) is 44.0 Å². The summed E-state index contributed by atoms with van der Waals surface area (Å²) in [4.78, 5) is 33.5. The number of carbonyl (C=O) groups is 2. The number of nitrogens with zero attached hydrogens (tertiary/aromatic N) is 2. The van der Waals surface area contributed by atoms with Crippen molar-refractivity contribution in [2.45, 2.75) is 39.9 Å². The van der Waals surface area contributed by atoms with Crippen LogP contribution in [0.1, 0.15) is 39.0 Å². The maximum atomic E-state index is 13.5. The molecule has 0 amide bonds. The molecule has 178 valence electrons. The van der Waals surface area contributed by atoms with Gasteiger partial charge in [0.25, 0.3) is 0 Å². The minimum Gasteiger partial charge on any atom is -0.497 e. The van der Waals surface area contributed by atoms with Gasteiger partial charge in [-0.2, -0.15) is 0 Å². The second kappa shape index (κ2) is 9.95. The Morgan fingerprint density at radius 3 is 2.59 bits per heavy atom. The lowest BCUT2D eigenvalue weighted by molar-refractivity contribution is -0.148. The van der Waals surface area contributed by atoms with E-state index in [-0.39, 0.29) is 12.4 Å². The minimum absolute atomic E-state index is 0.200. The first kappa shape index (κ1) is 23.9. The number of rotatable bonds is 7. The van der Waals surface area contributed by atoms with Gasteiger partial charge in [0.05, 0.1) is 31.4 Å². The van der Waals surface area contributed by atoms with Crippen molar-refractivity contribution < 1.29 is 23.8 Å². The topological polar surface area (TPSA) is 78.0 Å². The van der Waals surface area contributed by atoms with Crippen molar-refractivity contribution in [1.82, 2.24) is 9.88 Å². The van der Waals surface area contributed by atoms with Gasteiger partial charge in [-0.15, -0.1) is 11.3 Å². The highest BCUT2D eigenvalue weighted by molar-refractivity contribution is 7.17. The number of aryl methyl sites for hydroxylation is 2. The second-order valence-electron chi connectivity index (χ2n) is 8.20. The van der Waals surface area contributed by atoms with Crippen LogP contribution < -0.4 is 9.47 Å². The predicted octanol–water partition coefficient (Wildman–Crippen LogP) is 4.57. The van der Waals surface area contributed by atoms with Gasteiger partial charge in [0.2, 0.25) is 5.78 Å². The average Bonchev–Trinajstić information content (AvgIpc) is 3.26. The highest BCUT2D eigenvalue weighted by Gasteiger charge is 2.42. The van der Waals surface area contributed by atoms with Crippen molar-refractivity contribution >= 4 is 23.1 Å². The number of hydrogen-bond donors (Lipinski definition) is 0. The number of benzene rings is 2. The summed E-state index contributed by atoms with van der Waals surface area (Å²) < 4.78 is 16.1. The SMILES string of the molecule is CCOC(=O)C1C(=O)c2sc(-c3ccc(C)c(C)c3)nc2CN1Cc1ccc(OC)cc1OC.